The van der Waals surface area contributed by atoms with Crippen LogP contribution in [0.4, 0.5) is 5.13 Å². The van der Waals surface area contributed by atoms with E-state index in [1.165, 1.54) is 11.3 Å². The van der Waals surface area contributed by atoms with E-state index in [4.69, 9.17) is 21.3 Å². The number of hydrogen-bond acceptors (Lipinski definition) is 5. The smallest absolute Gasteiger partial charge is 0.262 e. The van der Waals surface area contributed by atoms with Crippen LogP contribution in [-0.2, 0) is 0 Å². The van der Waals surface area contributed by atoms with Crippen LogP contribution >= 0.6 is 22.9 Å². The molecule has 0 fully saturated rings. The Hall–Kier alpha value is -2.61. The molecule has 0 unspecified atom stereocenters. The second-order valence-corrected chi connectivity index (χ2v) is 8.67. The number of para-hydroxylation sites is 1. The summed E-state index contributed by atoms with van der Waals surface area (Å²) in [5, 5.41) is 2.12. The van der Waals surface area contributed by atoms with Gasteiger partial charge in [-0.25, -0.2) is 4.98 Å². The van der Waals surface area contributed by atoms with Crippen molar-refractivity contribution >= 4 is 55.1 Å². The lowest BCUT2D eigenvalue weighted by Gasteiger charge is -2.20. The number of hydrogen-bond donors (Lipinski definition) is 1. The Balaban J connectivity index is 1.77. The van der Waals surface area contributed by atoms with Crippen molar-refractivity contribution in [3.05, 3.63) is 53.2 Å². The summed E-state index contributed by atoms with van der Waals surface area (Å²) in [6.45, 7) is 1.42. The molecule has 4 aromatic rings. The van der Waals surface area contributed by atoms with Crippen LogP contribution in [0.5, 0.6) is 5.75 Å². The number of benzene rings is 2. The molecule has 0 radical (unpaired) electrons. The number of halogens is 1. The lowest BCUT2D eigenvalue weighted by Crippen LogP contribution is -2.33. The van der Waals surface area contributed by atoms with Gasteiger partial charge in [-0.3, -0.25) is 9.69 Å². The zero-order chi connectivity index (χ0) is 21.3. The molecular formula is C22H23ClN4O2S. The summed E-state index contributed by atoms with van der Waals surface area (Å²) < 4.78 is 6.26. The summed E-state index contributed by atoms with van der Waals surface area (Å²) >= 11 is 7.82. The van der Waals surface area contributed by atoms with Gasteiger partial charge in [-0.1, -0.05) is 41.1 Å². The largest absolute Gasteiger partial charge is 0.494 e. The van der Waals surface area contributed by atoms with Crippen molar-refractivity contribution in [2.75, 3.05) is 39.2 Å². The third-order valence-electron chi connectivity index (χ3n) is 4.95. The number of carbonyl (C=O) groups is 1. The number of rotatable bonds is 7. The van der Waals surface area contributed by atoms with E-state index >= 15 is 0 Å². The monoisotopic (exact) mass is 442 g/mol. The van der Waals surface area contributed by atoms with E-state index in [9.17, 15) is 4.79 Å². The predicted molar refractivity (Wildman–Crippen MR) is 124 cm³/mol. The zero-order valence-corrected chi connectivity index (χ0v) is 18.7. The van der Waals surface area contributed by atoms with Crippen LogP contribution in [0.25, 0.3) is 21.1 Å². The number of H-pyrrole nitrogens is 1. The number of carbonyl (C=O) groups excluding carboxylic acids is 1. The molecule has 156 valence electrons. The van der Waals surface area contributed by atoms with E-state index in [1.54, 1.807) is 30.3 Å². The van der Waals surface area contributed by atoms with Gasteiger partial charge < -0.3 is 14.6 Å². The Morgan fingerprint density at radius 1 is 1.20 bits per heavy atom. The molecule has 2 heterocycles. The Morgan fingerprint density at radius 2 is 2.00 bits per heavy atom. The summed E-state index contributed by atoms with van der Waals surface area (Å²) in [6.07, 6.45) is 2.59. The van der Waals surface area contributed by atoms with Gasteiger partial charge in [-0.15, -0.1) is 0 Å². The Kier molecular flexibility index (Phi) is 5.94. The van der Waals surface area contributed by atoms with Crippen LogP contribution in [0, 0.1) is 0 Å². The molecule has 30 heavy (non-hydrogen) atoms. The molecule has 0 aliphatic carbocycles. The van der Waals surface area contributed by atoms with Crippen molar-refractivity contribution in [3.8, 4) is 5.75 Å². The molecule has 6 nitrogen and oxygen atoms in total. The highest BCUT2D eigenvalue weighted by Gasteiger charge is 2.25. The van der Waals surface area contributed by atoms with E-state index < -0.39 is 0 Å². The third-order valence-corrected chi connectivity index (χ3v) is 6.49. The van der Waals surface area contributed by atoms with Crippen LogP contribution in [0.2, 0.25) is 5.02 Å². The molecule has 0 aliphatic heterocycles. The summed E-state index contributed by atoms with van der Waals surface area (Å²) in [5.41, 5.74) is 2.24. The first-order chi connectivity index (χ1) is 14.5. The van der Waals surface area contributed by atoms with Gasteiger partial charge in [-0.05, 0) is 45.3 Å². The normalized spacial score (nSPS) is 11.5. The fourth-order valence-corrected chi connectivity index (χ4v) is 4.72. The molecule has 1 amide bonds. The summed E-state index contributed by atoms with van der Waals surface area (Å²) in [6, 6.07) is 11.4. The number of anilines is 1. The molecule has 2 aromatic heterocycles. The van der Waals surface area contributed by atoms with Crippen LogP contribution in [0.3, 0.4) is 0 Å². The first-order valence-electron chi connectivity index (χ1n) is 9.65. The molecule has 0 saturated heterocycles. The maximum Gasteiger partial charge on any atom is 0.262 e. The second-order valence-electron chi connectivity index (χ2n) is 7.29. The lowest BCUT2D eigenvalue weighted by molar-refractivity contribution is 0.0987. The van der Waals surface area contributed by atoms with Crippen molar-refractivity contribution in [1.82, 2.24) is 14.9 Å². The van der Waals surface area contributed by atoms with Crippen LogP contribution in [-0.4, -0.2) is 55.1 Å². The number of nitrogens with one attached hydrogen (secondary N) is 1. The number of aromatic amines is 1. The van der Waals surface area contributed by atoms with E-state index in [0.29, 0.717) is 33.5 Å². The van der Waals surface area contributed by atoms with Gasteiger partial charge in [0.15, 0.2) is 5.13 Å². The second kappa shape index (κ2) is 8.63. The average molecular weight is 443 g/mol. The molecule has 0 aliphatic rings. The van der Waals surface area contributed by atoms with E-state index in [-0.39, 0.29) is 5.91 Å². The highest BCUT2D eigenvalue weighted by Crippen LogP contribution is 2.39. The summed E-state index contributed by atoms with van der Waals surface area (Å²) in [4.78, 5) is 25.4. The number of ether oxygens (including phenoxy) is 1. The van der Waals surface area contributed by atoms with Crippen molar-refractivity contribution < 1.29 is 9.53 Å². The molecule has 2 aromatic carbocycles. The predicted octanol–water partition coefficient (Wildman–Crippen LogP) is 5.04. The van der Waals surface area contributed by atoms with Gasteiger partial charge in [-0.2, -0.15) is 0 Å². The Labute approximate surface area is 184 Å². The van der Waals surface area contributed by atoms with E-state index in [0.717, 1.165) is 28.6 Å². The number of nitrogens with zero attached hydrogens (tertiary/aromatic N) is 3. The van der Waals surface area contributed by atoms with Crippen molar-refractivity contribution in [2.24, 2.45) is 0 Å². The first kappa shape index (κ1) is 20.7. The summed E-state index contributed by atoms with van der Waals surface area (Å²) in [5.74, 6) is 0.560. The van der Waals surface area contributed by atoms with Crippen molar-refractivity contribution in [2.45, 2.75) is 6.42 Å². The van der Waals surface area contributed by atoms with Crippen molar-refractivity contribution in [3.63, 3.8) is 0 Å². The quantitative estimate of drug-likeness (QED) is 0.435. The maximum absolute atomic E-state index is 13.6. The topological polar surface area (TPSA) is 61.5 Å². The maximum atomic E-state index is 13.6. The highest BCUT2D eigenvalue weighted by atomic mass is 35.5. The molecule has 0 atom stereocenters. The minimum absolute atomic E-state index is 0.0830. The minimum atomic E-state index is -0.0830. The number of thiazole rings is 1. The van der Waals surface area contributed by atoms with E-state index in [1.807, 2.05) is 38.4 Å². The molecule has 4 rings (SSSR count). The van der Waals surface area contributed by atoms with Gasteiger partial charge in [0, 0.05) is 23.6 Å². The number of methoxy groups -OCH3 is 1. The van der Waals surface area contributed by atoms with Gasteiger partial charge in [0.1, 0.15) is 11.3 Å². The van der Waals surface area contributed by atoms with Crippen LogP contribution < -0.4 is 9.64 Å². The Bertz CT molecular complexity index is 1200. The third kappa shape index (κ3) is 3.88. The SMILES string of the molecule is COc1ccc(Cl)c2sc(N(CCCN(C)C)C(=O)c3c[nH]c4ccccc34)nc12. The summed E-state index contributed by atoms with van der Waals surface area (Å²) in [7, 11) is 5.65. The molecule has 0 bridgehead atoms. The first-order valence-corrected chi connectivity index (χ1v) is 10.8. The van der Waals surface area contributed by atoms with Crippen LogP contribution in [0.1, 0.15) is 16.8 Å². The number of amides is 1. The fraction of sp³-hybridized carbons (Fsp3) is 0.273. The van der Waals surface area contributed by atoms with Gasteiger partial charge in [0.05, 0.1) is 22.4 Å². The number of aromatic nitrogens is 2. The van der Waals surface area contributed by atoms with Crippen molar-refractivity contribution in [1.29, 1.82) is 0 Å². The molecule has 8 heteroatoms. The van der Waals surface area contributed by atoms with E-state index in [2.05, 4.69) is 9.88 Å². The van der Waals surface area contributed by atoms with Gasteiger partial charge >= 0.3 is 0 Å². The average Bonchev–Trinajstić information content (AvgIpc) is 3.36. The standard InChI is InChI=1S/C22H23ClN4O2S/c1-26(2)11-6-12-27(21(28)15-13-24-17-8-5-4-7-14(15)17)22-25-19-18(29-3)10-9-16(23)20(19)30-22/h4-5,7-10,13,24H,6,11-12H2,1-3H3. The Morgan fingerprint density at radius 3 is 2.77 bits per heavy atom. The molecule has 1 N–H and O–H groups in total. The molecule has 0 saturated carbocycles. The fourth-order valence-electron chi connectivity index (χ4n) is 3.44. The molecular weight excluding hydrogens is 420 g/mol. The highest BCUT2D eigenvalue weighted by molar-refractivity contribution is 7.23. The lowest BCUT2D eigenvalue weighted by atomic mass is 10.1. The van der Waals surface area contributed by atoms with Crippen LogP contribution in [0.15, 0.2) is 42.6 Å². The van der Waals surface area contributed by atoms with Gasteiger partial charge in [0.2, 0.25) is 0 Å². The minimum Gasteiger partial charge on any atom is -0.494 e. The molecule has 0 spiro atoms. The zero-order valence-electron chi connectivity index (χ0n) is 17.1. The number of fused-ring (bicyclic) bond motifs is 2. The van der Waals surface area contributed by atoms with Gasteiger partial charge in [0.25, 0.3) is 5.91 Å².